The standard InChI is InChI=1S/C29H44O6/c1-17(30)34-16-29-13-10-20-26(3,4)11-7-12-27(20,5)22(29)14-23(35-18(2)31)28(6)21(29)9-8-19-15-33-25(32)24(19)28/h8,20-25,32H,7,9-16H2,1-6H3/t20-,21+,22+,23-,24+,25+,27-,28+,29+/m0/s1. The van der Waals surface area contributed by atoms with Crippen LogP contribution in [0, 0.1) is 45.3 Å². The Bertz CT molecular complexity index is 924. The van der Waals surface area contributed by atoms with Gasteiger partial charge in [-0.15, -0.1) is 0 Å². The molecule has 0 aromatic heterocycles. The maximum absolute atomic E-state index is 12.4. The summed E-state index contributed by atoms with van der Waals surface area (Å²) < 4.78 is 17.8. The third-order valence-corrected chi connectivity index (χ3v) is 11.5. The zero-order valence-electron chi connectivity index (χ0n) is 22.4. The largest absolute Gasteiger partial charge is 0.465 e. The van der Waals surface area contributed by atoms with Crippen LogP contribution in [0.15, 0.2) is 11.6 Å². The number of hydrogen-bond acceptors (Lipinski definition) is 6. The van der Waals surface area contributed by atoms with Crippen LogP contribution in [0.3, 0.4) is 0 Å². The van der Waals surface area contributed by atoms with Crippen molar-refractivity contribution in [3.63, 3.8) is 0 Å². The molecule has 0 amide bonds. The molecular formula is C29H44O6. The van der Waals surface area contributed by atoms with Crippen molar-refractivity contribution in [1.82, 2.24) is 0 Å². The molecule has 0 aromatic carbocycles. The van der Waals surface area contributed by atoms with Gasteiger partial charge in [0.05, 0.1) is 13.2 Å². The third-order valence-electron chi connectivity index (χ3n) is 11.5. The summed E-state index contributed by atoms with van der Waals surface area (Å²) >= 11 is 0. The fourth-order valence-electron chi connectivity index (χ4n) is 10.3. The molecule has 6 heteroatoms. The molecule has 0 unspecified atom stereocenters. The molecule has 0 spiro atoms. The maximum atomic E-state index is 12.4. The maximum Gasteiger partial charge on any atom is 0.302 e. The Hall–Kier alpha value is -1.40. The van der Waals surface area contributed by atoms with Gasteiger partial charge >= 0.3 is 11.9 Å². The van der Waals surface area contributed by atoms with Crippen molar-refractivity contribution < 1.29 is 28.9 Å². The molecule has 5 rings (SSSR count). The Balaban J connectivity index is 1.67. The van der Waals surface area contributed by atoms with Crippen molar-refractivity contribution in [3.8, 4) is 0 Å². The number of fused-ring (bicyclic) bond motifs is 7. The Morgan fingerprint density at radius 2 is 1.80 bits per heavy atom. The number of carbonyl (C=O) groups is 2. The SMILES string of the molecule is CC(=O)OC[C@@]12CC[C@H]3C(C)(C)CCC[C@]3(C)[C@H]1C[C@H](OC(C)=O)[C@]1(C)[C@@H]3C(=CC[C@@H]21)CO[C@H]3O. The molecule has 1 N–H and O–H groups in total. The number of ether oxygens (including phenoxy) is 3. The number of aliphatic hydroxyl groups is 1. The molecule has 3 saturated carbocycles. The van der Waals surface area contributed by atoms with E-state index in [-0.39, 0.29) is 52.0 Å². The van der Waals surface area contributed by atoms with E-state index in [1.807, 2.05) is 0 Å². The minimum Gasteiger partial charge on any atom is -0.465 e. The van der Waals surface area contributed by atoms with E-state index in [1.54, 1.807) is 0 Å². The summed E-state index contributed by atoms with van der Waals surface area (Å²) in [7, 11) is 0. The van der Waals surface area contributed by atoms with E-state index >= 15 is 0 Å². The lowest BCUT2D eigenvalue weighted by molar-refractivity contribution is -0.266. The predicted octanol–water partition coefficient (Wildman–Crippen LogP) is 5.03. The second-order valence-corrected chi connectivity index (χ2v) is 13.5. The highest BCUT2D eigenvalue weighted by Crippen LogP contribution is 2.74. The molecular weight excluding hydrogens is 444 g/mol. The molecule has 196 valence electrons. The summed E-state index contributed by atoms with van der Waals surface area (Å²) in [6.45, 7) is 13.3. The smallest absolute Gasteiger partial charge is 0.302 e. The van der Waals surface area contributed by atoms with E-state index in [0.717, 1.165) is 37.7 Å². The van der Waals surface area contributed by atoms with Crippen LogP contribution >= 0.6 is 0 Å². The number of allylic oxidation sites excluding steroid dienone is 1. The molecule has 4 aliphatic carbocycles. The van der Waals surface area contributed by atoms with E-state index in [9.17, 15) is 14.7 Å². The van der Waals surface area contributed by atoms with E-state index in [2.05, 4.69) is 33.8 Å². The van der Waals surface area contributed by atoms with E-state index in [1.165, 1.54) is 26.7 Å². The van der Waals surface area contributed by atoms with Crippen molar-refractivity contribution in [1.29, 1.82) is 0 Å². The van der Waals surface area contributed by atoms with Gasteiger partial charge in [-0.05, 0) is 72.7 Å². The highest BCUT2D eigenvalue weighted by atomic mass is 16.6. The molecule has 4 fully saturated rings. The first-order chi connectivity index (χ1) is 16.4. The van der Waals surface area contributed by atoms with Crippen LogP contribution in [-0.4, -0.2) is 42.7 Å². The van der Waals surface area contributed by atoms with Gasteiger partial charge in [-0.2, -0.15) is 0 Å². The van der Waals surface area contributed by atoms with Crippen LogP contribution < -0.4 is 0 Å². The van der Waals surface area contributed by atoms with Crippen LogP contribution in [0.2, 0.25) is 0 Å². The van der Waals surface area contributed by atoms with Gasteiger partial charge in [0.2, 0.25) is 0 Å². The average molecular weight is 489 g/mol. The quantitative estimate of drug-likeness (QED) is 0.443. The lowest BCUT2D eigenvalue weighted by Gasteiger charge is -2.71. The Morgan fingerprint density at radius 1 is 1.06 bits per heavy atom. The summed E-state index contributed by atoms with van der Waals surface area (Å²) in [5, 5.41) is 11.0. The first-order valence-electron chi connectivity index (χ1n) is 13.7. The highest BCUT2D eigenvalue weighted by molar-refractivity contribution is 5.66. The van der Waals surface area contributed by atoms with Gasteiger partial charge in [-0.1, -0.05) is 40.2 Å². The Morgan fingerprint density at radius 3 is 2.49 bits per heavy atom. The molecule has 1 aliphatic heterocycles. The van der Waals surface area contributed by atoms with Gasteiger partial charge in [-0.25, -0.2) is 0 Å². The summed E-state index contributed by atoms with van der Waals surface area (Å²) in [6, 6.07) is 0. The molecule has 35 heavy (non-hydrogen) atoms. The monoisotopic (exact) mass is 488 g/mol. The van der Waals surface area contributed by atoms with Crippen molar-refractivity contribution in [2.45, 2.75) is 98.9 Å². The van der Waals surface area contributed by atoms with Crippen molar-refractivity contribution >= 4 is 11.9 Å². The van der Waals surface area contributed by atoms with Crippen LogP contribution in [0.4, 0.5) is 0 Å². The van der Waals surface area contributed by atoms with Crippen molar-refractivity contribution in [2.75, 3.05) is 13.2 Å². The summed E-state index contributed by atoms with van der Waals surface area (Å²) in [5.41, 5.74) is 0.742. The van der Waals surface area contributed by atoms with Gasteiger partial charge in [-0.3, -0.25) is 9.59 Å². The highest BCUT2D eigenvalue weighted by Gasteiger charge is 2.71. The van der Waals surface area contributed by atoms with Gasteiger partial charge in [0, 0.05) is 30.6 Å². The first-order valence-corrected chi connectivity index (χ1v) is 13.7. The fourth-order valence-corrected chi connectivity index (χ4v) is 10.3. The van der Waals surface area contributed by atoms with Crippen LogP contribution in [0.25, 0.3) is 0 Å². The van der Waals surface area contributed by atoms with Crippen molar-refractivity contribution in [2.24, 2.45) is 45.3 Å². The zero-order valence-corrected chi connectivity index (χ0v) is 22.4. The minimum atomic E-state index is -0.907. The molecule has 9 atom stereocenters. The van der Waals surface area contributed by atoms with Crippen molar-refractivity contribution in [3.05, 3.63) is 11.6 Å². The second kappa shape index (κ2) is 8.31. The number of esters is 2. The molecule has 0 radical (unpaired) electrons. The normalized spacial score (nSPS) is 47.9. The summed E-state index contributed by atoms with van der Waals surface area (Å²) in [4.78, 5) is 24.6. The number of rotatable bonds is 3. The van der Waals surface area contributed by atoms with E-state index in [0.29, 0.717) is 19.1 Å². The zero-order chi connectivity index (χ0) is 25.4. The Kier molecular flexibility index (Phi) is 5.99. The van der Waals surface area contributed by atoms with Crippen LogP contribution in [0.1, 0.15) is 86.5 Å². The lowest BCUT2D eigenvalue weighted by atomic mass is 9.34. The minimum absolute atomic E-state index is 0.0780. The third kappa shape index (κ3) is 3.56. The predicted molar refractivity (Wildman–Crippen MR) is 131 cm³/mol. The average Bonchev–Trinajstić information content (AvgIpc) is 3.14. The molecule has 6 nitrogen and oxygen atoms in total. The molecule has 0 bridgehead atoms. The molecule has 1 saturated heterocycles. The molecule has 0 aromatic rings. The van der Waals surface area contributed by atoms with Gasteiger partial charge in [0.15, 0.2) is 6.29 Å². The first kappa shape index (κ1) is 25.3. The van der Waals surface area contributed by atoms with Crippen LogP contribution in [-0.2, 0) is 23.8 Å². The van der Waals surface area contributed by atoms with Crippen LogP contribution in [0.5, 0.6) is 0 Å². The van der Waals surface area contributed by atoms with E-state index < -0.39 is 11.7 Å². The van der Waals surface area contributed by atoms with Gasteiger partial charge < -0.3 is 19.3 Å². The molecule has 1 heterocycles. The molecule has 5 aliphatic rings. The fraction of sp³-hybridized carbons (Fsp3) is 0.862. The number of aliphatic hydroxyl groups excluding tert-OH is 1. The lowest BCUT2D eigenvalue weighted by Crippen LogP contribution is -2.69. The van der Waals surface area contributed by atoms with Gasteiger partial charge in [0.25, 0.3) is 0 Å². The second-order valence-electron chi connectivity index (χ2n) is 13.5. The van der Waals surface area contributed by atoms with Gasteiger partial charge in [0.1, 0.15) is 6.10 Å². The topological polar surface area (TPSA) is 82.1 Å². The number of hydrogen-bond donors (Lipinski definition) is 1. The van der Waals surface area contributed by atoms with E-state index in [4.69, 9.17) is 14.2 Å². The summed E-state index contributed by atoms with van der Waals surface area (Å²) in [5.74, 6) is 0.239. The Labute approximate surface area is 210 Å². The summed E-state index contributed by atoms with van der Waals surface area (Å²) in [6.07, 6.45) is 8.31. The number of carbonyl (C=O) groups excluding carboxylic acids is 2.